The number of hydrogen-bond donors (Lipinski definition) is 2. The van der Waals surface area contributed by atoms with Gasteiger partial charge in [0.05, 0.1) is 25.6 Å². The second-order valence-corrected chi connectivity index (χ2v) is 6.39. The molecule has 0 fully saturated rings. The summed E-state index contributed by atoms with van der Waals surface area (Å²) in [6, 6.07) is 23.6. The van der Waals surface area contributed by atoms with E-state index in [0.29, 0.717) is 0 Å². The van der Waals surface area contributed by atoms with Crippen molar-refractivity contribution in [3.63, 3.8) is 0 Å². The molecule has 0 aliphatic heterocycles. The van der Waals surface area contributed by atoms with Crippen molar-refractivity contribution in [2.75, 3.05) is 19.1 Å². The van der Waals surface area contributed by atoms with Crippen LogP contribution in [0.5, 0.6) is 11.5 Å². The highest BCUT2D eigenvalue weighted by atomic mass is 16.5. The minimum atomic E-state index is -0.0642. The van der Waals surface area contributed by atoms with E-state index in [2.05, 4.69) is 0 Å². The van der Waals surface area contributed by atoms with Gasteiger partial charge in [-0.15, -0.1) is 0 Å². The molecule has 0 unspecified atom stereocenters. The summed E-state index contributed by atoms with van der Waals surface area (Å²) in [5, 5.41) is 12.2. The molecular formula is C23H21N3O2. The number of methoxy groups -OCH3 is 2. The highest BCUT2D eigenvalue weighted by molar-refractivity contribution is 6.14. The lowest BCUT2D eigenvalue weighted by atomic mass is 10.0. The largest absolute Gasteiger partial charge is 0.496 e. The Morgan fingerprint density at radius 1 is 0.679 bits per heavy atom. The molecule has 0 spiro atoms. The fourth-order valence-electron chi connectivity index (χ4n) is 3.65. The lowest BCUT2D eigenvalue weighted by Gasteiger charge is -2.26. The maximum absolute atomic E-state index is 8.32. The van der Waals surface area contributed by atoms with Gasteiger partial charge in [0.25, 0.3) is 0 Å². The summed E-state index contributed by atoms with van der Waals surface area (Å²) in [7, 11) is 3.31. The van der Waals surface area contributed by atoms with Gasteiger partial charge in [0, 0.05) is 21.5 Å². The molecular weight excluding hydrogens is 350 g/mol. The van der Waals surface area contributed by atoms with Gasteiger partial charge < -0.3 is 15.2 Å². The molecule has 0 heterocycles. The van der Waals surface area contributed by atoms with E-state index in [4.69, 9.17) is 20.6 Å². The Balaban J connectivity index is 2.02. The second kappa shape index (κ2) is 7.12. The number of nitrogens with zero attached hydrogens (tertiary/aromatic N) is 1. The summed E-state index contributed by atoms with van der Waals surface area (Å²) in [4.78, 5) is 1.75. The van der Waals surface area contributed by atoms with Crippen molar-refractivity contribution in [1.29, 1.82) is 5.41 Å². The van der Waals surface area contributed by atoms with Crippen LogP contribution in [0.2, 0.25) is 0 Å². The van der Waals surface area contributed by atoms with Gasteiger partial charge in [-0.2, -0.15) is 0 Å². The van der Waals surface area contributed by atoms with Gasteiger partial charge in [0.1, 0.15) is 11.5 Å². The number of nitrogens with two attached hydrogens (primary N) is 1. The summed E-state index contributed by atoms with van der Waals surface area (Å²) in [5.74, 6) is 1.50. The minimum Gasteiger partial charge on any atom is -0.496 e. The summed E-state index contributed by atoms with van der Waals surface area (Å²) < 4.78 is 11.0. The summed E-state index contributed by atoms with van der Waals surface area (Å²) in [6.45, 7) is 0. The van der Waals surface area contributed by atoms with Crippen LogP contribution in [0.15, 0.2) is 72.8 Å². The van der Waals surface area contributed by atoms with E-state index in [1.54, 1.807) is 19.1 Å². The molecule has 0 bridgehead atoms. The maximum Gasteiger partial charge on any atom is 0.197 e. The predicted octanol–water partition coefficient (Wildman–Crippen LogP) is 5.04. The van der Waals surface area contributed by atoms with Crippen LogP contribution in [0.4, 0.5) is 11.4 Å². The fraction of sp³-hybridized carbons (Fsp3) is 0.0870. The normalized spacial score (nSPS) is 10.8. The van der Waals surface area contributed by atoms with Gasteiger partial charge in [-0.05, 0) is 24.3 Å². The van der Waals surface area contributed by atoms with Crippen molar-refractivity contribution < 1.29 is 9.47 Å². The Hall–Kier alpha value is -3.73. The molecule has 0 aliphatic rings. The Morgan fingerprint density at radius 3 is 1.43 bits per heavy atom. The molecule has 0 aromatic heterocycles. The topological polar surface area (TPSA) is 71.6 Å². The van der Waals surface area contributed by atoms with E-state index < -0.39 is 0 Å². The molecule has 28 heavy (non-hydrogen) atoms. The number of hydrogen-bond acceptors (Lipinski definition) is 3. The Labute approximate surface area is 163 Å². The molecule has 4 aromatic rings. The van der Waals surface area contributed by atoms with Crippen molar-refractivity contribution in [1.82, 2.24) is 0 Å². The van der Waals surface area contributed by atoms with Gasteiger partial charge in [0.2, 0.25) is 0 Å². The Morgan fingerprint density at radius 2 is 1.07 bits per heavy atom. The van der Waals surface area contributed by atoms with Gasteiger partial charge >= 0.3 is 0 Å². The number of fused-ring (bicyclic) bond motifs is 2. The van der Waals surface area contributed by atoms with E-state index >= 15 is 0 Å². The van der Waals surface area contributed by atoms with Crippen LogP contribution in [-0.4, -0.2) is 20.2 Å². The van der Waals surface area contributed by atoms with Crippen LogP contribution < -0.4 is 20.1 Å². The number of nitrogens with one attached hydrogen (secondary N) is 1. The minimum absolute atomic E-state index is 0.0642. The first-order valence-corrected chi connectivity index (χ1v) is 8.91. The average molecular weight is 371 g/mol. The predicted molar refractivity (Wildman–Crippen MR) is 115 cm³/mol. The highest BCUT2D eigenvalue weighted by Gasteiger charge is 2.20. The monoisotopic (exact) mass is 371 g/mol. The van der Waals surface area contributed by atoms with Crippen molar-refractivity contribution in [2.24, 2.45) is 5.73 Å². The molecule has 0 amide bonds. The number of benzene rings is 4. The van der Waals surface area contributed by atoms with Gasteiger partial charge in [-0.25, -0.2) is 0 Å². The molecule has 4 rings (SSSR count). The van der Waals surface area contributed by atoms with E-state index in [1.165, 1.54) is 0 Å². The molecule has 4 aromatic carbocycles. The first-order valence-electron chi connectivity index (χ1n) is 8.91. The smallest absolute Gasteiger partial charge is 0.197 e. The van der Waals surface area contributed by atoms with Gasteiger partial charge in [-0.1, -0.05) is 48.5 Å². The van der Waals surface area contributed by atoms with Crippen LogP contribution in [0.1, 0.15) is 0 Å². The van der Waals surface area contributed by atoms with Gasteiger partial charge in [0.15, 0.2) is 5.96 Å². The van der Waals surface area contributed by atoms with E-state index in [1.807, 2.05) is 72.8 Å². The Bertz CT molecular complexity index is 1100. The van der Waals surface area contributed by atoms with Crippen LogP contribution in [-0.2, 0) is 0 Å². The molecule has 0 saturated carbocycles. The van der Waals surface area contributed by atoms with Crippen molar-refractivity contribution in [2.45, 2.75) is 0 Å². The highest BCUT2D eigenvalue weighted by Crippen LogP contribution is 2.40. The molecule has 0 aliphatic carbocycles. The first-order chi connectivity index (χ1) is 13.7. The maximum atomic E-state index is 8.32. The quantitative estimate of drug-likeness (QED) is 0.389. The summed E-state index contributed by atoms with van der Waals surface area (Å²) >= 11 is 0. The average Bonchev–Trinajstić information content (AvgIpc) is 2.74. The zero-order valence-corrected chi connectivity index (χ0v) is 15.8. The molecule has 140 valence electrons. The zero-order chi connectivity index (χ0) is 19.7. The number of rotatable bonds is 4. The summed E-state index contributed by atoms with van der Waals surface area (Å²) in [6.07, 6.45) is 0. The number of ether oxygens (including phenoxy) is 2. The van der Waals surface area contributed by atoms with Gasteiger partial charge in [-0.3, -0.25) is 10.3 Å². The van der Waals surface area contributed by atoms with Crippen LogP contribution >= 0.6 is 0 Å². The molecule has 0 atom stereocenters. The number of anilines is 2. The van der Waals surface area contributed by atoms with Crippen LogP contribution in [0, 0.1) is 5.41 Å². The third-order valence-electron chi connectivity index (χ3n) is 4.88. The molecule has 3 N–H and O–H groups in total. The fourth-order valence-corrected chi connectivity index (χ4v) is 3.65. The molecule has 5 nitrogen and oxygen atoms in total. The SMILES string of the molecule is COc1ccc(N(C(=N)N)c2ccc(OC)c3ccccc23)c2ccccc12. The van der Waals surface area contributed by atoms with Crippen molar-refractivity contribution in [3.8, 4) is 11.5 Å². The molecule has 0 radical (unpaired) electrons. The van der Waals surface area contributed by atoms with Crippen LogP contribution in [0.3, 0.4) is 0 Å². The third kappa shape index (κ3) is 2.77. The Kier molecular flexibility index (Phi) is 4.49. The molecule has 0 saturated heterocycles. The summed E-state index contributed by atoms with van der Waals surface area (Å²) in [5.41, 5.74) is 7.71. The second-order valence-electron chi connectivity index (χ2n) is 6.39. The zero-order valence-electron chi connectivity index (χ0n) is 15.8. The number of guanidine groups is 1. The third-order valence-corrected chi connectivity index (χ3v) is 4.88. The lowest BCUT2D eigenvalue weighted by Crippen LogP contribution is -2.32. The van der Waals surface area contributed by atoms with Crippen LogP contribution in [0.25, 0.3) is 21.5 Å². The standard InChI is InChI=1S/C23H21N3O2/c1-27-21-13-11-19(15-7-3-5-9-17(15)21)26(23(24)25)20-12-14-22(28-2)18-10-6-4-8-16(18)20/h3-14H,1-2H3,(H3,24,25). The van der Waals surface area contributed by atoms with Crippen molar-refractivity contribution >= 4 is 38.9 Å². The molecule has 5 heteroatoms. The lowest BCUT2D eigenvalue weighted by molar-refractivity contribution is 0.420. The van der Waals surface area contributed by atoms with E-state index in [0.717, 1.165) is 44.4 Å². The van der Waals surface area contributed by atoms with E-state index in [9.17, 15) is 0 Å². The first kappa shape index (κ1) is 17.7. The van der Waals surface area contributed by atoms with Crippen molar-refractivity contribution in [3.05, 3.63) is 72.8 Å². The van der Waals surface area contributed by atoms with E-state index in [-0.39, 0.29) is 5.96 Å².